The summed E-state index contributed by atoms with van der Waals surface area (Å²) in [5.41, 5.74) is 0. The smallest absolute Gasteiger partial charge is 0.462 e. The maximum absolute atomic E-state index is 13.0. The molecule has 3 N–H and O–H groups in total. The van der Waals surface area contributed by atoms with Gasteiger partial charge in [-0.2, -0.15) is 0 Å². The summed E-state index contributed by atoms with van der Waals surface area (Å²) in [6, 6.07) is 0. The van der Waals surface area contributed by atoms with Gasteiger partial charge in [0.05, 0.1) is 26.4 Å². The molecule has 0 fully saturated rings. The number of ether oxygens (including phenoxy) is 4. The van der Waals surface area contributed by atoms with E-state index in [1.54, 1.807) is 0 Å². The first-order valence-electron chi connectivity index (χ1n) is 34.6. The molecule has 0 rings (SSSR count). The van der Waals surface area contributed by atoms with E-state index in [1.807, 2.05) is 0 Å². The van der Waals surface area contributed by atoms with Gasteiger partial charge in [0.25, 0.3) is 0 Å². The highest BCUT2D eigenvalue weighted by atomic mass is 31.2. The van der Waals surface area contributed by atoms with Crippen LogP contribution in [0.15, 0.2) is 0 Å². The summed E-state index contributed by atoms with van der Waals surface area (Å²) in [5, 5.41) is 10.5. The molecular formula is C66H128O17P2. The number of unbranched alkanes of at least 4 members (excludes halogenated alkanes) is 38. The zero-order valence-electron chi connectivity index (χ0n) is 54.7. The predicted molar refractivity (Wildman–Crippen MR) is 340 cm³/mol. The largest absolute Gasteiger partial charge is 0.472 e. The fraction of sp³-hybridized carbons (Fsp3) is 0.939. The zero-order valence-corrected chi connectivity index (χ0v) is 56.5. The standard InChI is InChI=1S/C66H128O17P2/c1-6-9-12-15-18-20-21-22-23-24-25-28-32-37-42-47-52-66(71)83-62(56-77-64(69)50-45-40-36-31-29-26-27-30-34-38-43-48-59(4)5)58-81-85(74,75)79-54-60(67)53-78-84(72,73)80-57-61(55-76-63(68)49-44-39-33-17-14-11-8-3)82-65(70)51-46-41-35-19-16-13-10-7-2/h59-62,67H,6-58H2,1-5H3,(H,72,73)(H,74,75)/t60-,61+,62+/m0/s1. The van der Waals surface area contributed by atoms with Crippen molar-refractivity contribution >= 4 is 39.5 Å². The van der Waals surface area contributed by atoms with E-state index in [0.29, 0.717) is 25.7 Å². The number of esters is 4. The van der Waals surface area contributed by atoms with Crippen LogP contribution in [0.3, 0.4) is 0 Å². The Morgan fingerprint density at radius 2 is 0.541 bits per heavy atom. The van der Waals surface area contributed by atoms with Gasteiger partial charge in [-0.15, -0.1) is 0 Å². The van der Waals surface area contributed by atoms with Crippen molar-refractivity contribution in [2.45, 2.75) is 355 Å². The van der Waals surface area contributed by atoms with E-state index in [9.17, 15) is 43.2 Å². The minimum atomic E-state index is -4.95. The molecule has 19 heteroatoms. The first kappa shape index (κ1) is 83.1. The second-order valence-corrected chi connectivity index (χ2v) is 27.2. The molecule has 0 saturated carbocycles. The maximum Gasteiger partial charge on any atom is 0.472 e. The Kier molecular flexibility index (Phi) is 58.3. The normalized spacial score (nSPS) is 14.2. The Hall–Kier alpha value is -1.94. The van der Waals surface area contributed by atoms with E-state index in [-0.39, 0.29) is 25.7 Å². The average molecular weight is 1260 g/mol. The molecule has 0 aliphatic rings. The molecule has 0 aromatic heterocycles. The topological polar surface area (TPSA) is 237 Å². The van der Waals surface area contributed by atoms with Crippen LogP contribution in [0.2, 0.25) is 0 Å². The number of aliphatic hydroxyl groups is 1. The summed E-state index contributed by atoms with van der Waals surface area (Å²) in [6.45, 7) is 7.15. The molecule has 0 amide bonds. The summed E-state index contributed by atoms with van der Waals surface area (Å²) in [5.74, 6) is -1.36. The summed E-state index contributed by atoms with van der Waals surface area (Å²) < 4.78 is 67.9. The second-order valence-electron chi connectivity index (χ2n) is 24.3. The summed E-state index contributed by atoms with van der Waals surface area (Å²) in [7, 11) is -9.88. The van der Waals surface area contributed by atoms with Gasteiger partial charge in [-0.1, -0.05) is 285 Å². The van der Waals surface area contributed by atoms with Crippen molar-refractivity contribution in [2.75, 3.05) is 39.6 Å². The molecule has 0 aromatic carbocycles. The van der Waals surface area contributed by atoms with Crippen molar-refractivity contribution in [3.8, 4) is 0 Å². The predicted octanol–water partition coefficient (Wildman–Crippen LogP) is 18.6. The third-order valence-electron chi connectivity index (χ3n) is 15.3. The molecule has 0 saturated heterocycles. The minimum Gasteiger partial charge on any atom is -0.462 e. The Balaban J connectivity index is 5.18. The molecule has 0 aromatic rings. The van der Waals surface area contributed by atoms with Gasteiger partial charge in [0.15, 0.2) is 12.2 Å². The van der Waals surface area contributed by atoms with Gasteiger partial charge < -0.3 is 33.8 Å². The Morgan fingerprint density at radius 1 is 0.318 bits per heavy atom. The molecule has 0 heterocycles. The number of hydrogen-bond donors (Lipinski definition) is 3. The van der Waals surface area contributed by atoms with Crippen molar-refractivity contribution in [1.82, 2.24) is 0 Å². The van der Waals surface area contributed by atoms with Gasteiger partial charge in [-0.05, 0) is 31.6 Å². The van der Waals surface area contributed by atoms with Crippen LogP contribution < -0.4 is 0 Å². The van der Waals surface area contributed by atoms with Gasteiger partial charge in [0, 0.05) is 25.7 Å². The highest BCUT2D eigenvalue weighted by Gasteiger charge is 2.30. The van der Waals surface area contributed by atoms with Gasteiger partial charge in [-0.25, -0.2) is 9.13 Å². The molecule has 85 heavy (non-hydrogen) atoms. The number of rotatable bonds is 66. The number of hydrogen-bond acceptors (Lipinski definition) is 15. The molecule has 0 aliphatic heterocycles. The van der Waals surface area contributed by atoms with Crippen LogP contribution >= 0.6 is 15.6 Å². The summed E-state index contributed by atoms with van der Waals surface area (Å²) in [6.07, 6.45) is 44.6. The van der Waals surface area contributed by atoms with Crippen LogP contribution in [0.5, 0.6) is 0 Å². The highest BCUT2D eigenvalue weighted by Crippen LogP contribution is 2.45. The molecule has 2 unspecified atom stereocenters. The Labute approximate surface area is 517 Å². The number of carbonyl (C=O) groups excluding carboxylic acids is 4. The molecule has 17 nitrogen and oxygen atoms in total. The van der Waals surface area contributed by atoms with E-state index in [2.05, 4.69) is 34.6 Å². The molecule has 0 spiro atoms. The fourth-order valence-corrected chi connectivity index (χ4v) is 11.5. The van der Waals surface area contributed by atoms with Crippen LogP contribution in [0.4, 0.5) is 0 Å². The van der Waals surface area contributed by atoms with Gasteiger partial charge in [-0.3, -0.25) is 37.3 Å². The summed E-state index contributed by atoms with van der Waals surface area (Å²) in [4.78, 5) is 72.1. The van der Waals surface area contributed by atoms with E-state index in [1.165, 1.54) is 141 Å². The van der Waals surface area contributed by atoms with Gasteiger partial charge >= 0.3 is 39.5 Å². The average Bonchev–Trinajstić information content (AvgIpc) is 3.54. The third-order valence-corrected chi connectivity index (χ3v) is 17.2. The molecule has 504 valence electrons. The number of aliphatic hydroxyl groups excluding tert-OH is 1. The molecule has 0 radical (unpaired) electrons. The molecule has 0 aliphatic carbocycles. The minimum absolute atomic E-state index is 0.105. The number of phosphoric ester groups is 2. The van der Waals surface area contributed by atoms with Gasteiger partial charge in [0.2, 0.25) is 0 Å². The second kappa shape index (κ2) is 59.7. The monoisotopic (exact) mass is 1250 g/mol. The first-order valence-corrected chi connectivity index (χ1v) is 37.6. The Morgan fingerprint density at radius 3 is 0.800 bits per heavy atom. The van der Waals surface area contributed by atoms with E-state index < -0.39 is 97.5 Å². The van der Waals surface area contributed by atoms with Crippen LogP contribution in [0, 0.1) is 5.92 Å². The molecule has 0 bridgehead atoms. The van der Waals surface area contributed by atoms with Crippen LogP contribution in [-0.2, 0) is 65.4 Å². The van der Waals surface area contributed by atoms with Crippen LogP contribution in [-0.4, -0.2) is 96.7 Å². The maximum atomic E-state index is 13.0. The number of carbonyl (C=O) groups is 4. The number of phosphoric acid groups is 2. The molecule has 5 atom stereocenters. The molecular weight excluding hydrogens is 1130 g/mol. The SMILES string of the molecule is CCCCCCCCCCCCCCCCCCC(=O)O[C@H](COC(=O)CCCCCCCCCCCCCC(C)C)COP(=O)(O)OC[C@@H](O)COP(=O)(O)OC[C@@H](COC(=O)CCCCCCCCC)OC(=O)CCCCCCCCCC. The van der Waals surface area contributed by atoms with Gasteiger partial charge in [0.1, 0.15) is 19.3 Å². The first-order chi connectivity index (χ1) is 41.0. The lowest BCUT2D eigenvalue weighted by atomic mass is 10.0. The zero-order chi connectivity index (χ0) is 62.8. The third kappa shape index (κ3) is 60.7. The van der Waals surface area contributed by atoms with Crippen molar-refractivity contribution < 1.29 is 80.2 Å². The summed E-state index contributed by atoms with van der Waals surface area (Å²) >= 11 is 0. The lowest BCUT2D eigenvalue weighted by molar-refractivity contribution is -0.161. The van der Waals surface area contributed by atoms with E-state index in [4.69, 9.17) is 37.0 Å². The van der Waals surface area contributed by atoms with E-state index >= 15 is 0 Å². The van der Waals surface area contributed by atoms with Crippen molar-refractivity contribution in [1.29, 1.82) is 0 Å². The highest BCUT2D eigenvalue weighted by molar-refractivity contribution is 7.47. The lowest BCUT2D eigenvalue weighted by Crippen LogP contribution is -2.30. The lowest BCUT2D eigenvalue weighted by Gasteiger charge is -2.21. The quantitative estimate of drug-likeness (QED) is 0.0222. The fourth-order valence-electron chi connectivity index (χ4n) is 9.94. The van der Waals surface area contributed by atoms with Crippen molar-refractivity contribution in [2.24, 2.45) is 5.92 Å². The van der Waals surface area contributed by atoms with Crippen LogP contribution in [0.25, 0.3) is 0 Å². The van der Waals surface area contributed by atoms with Crippen molar-refractivity contribution in [3.63, 3.8) is 0 Å². The Bertz CT molecular complexity index is 1650. The van der Waals surface area contributed by atoms with Crippen LogP contribution in [0.1, 0.15) is 336 Å². The van der Waals surface area contributed by atoms with Crippen molar-refractivity contribution in [3.05, 3.63) is 0 Å². The van der Waals surface area contributed by atoms with E-state index in [0.717, 1.165) is 115 Å².